The van der Waals surface area contributed by atoms with E-state index in [1.165, 1.54) is 30.6 Å². The number of carbonyl (C=O) groups excluding carboxylic acids is 4. The number of nitrogens with two attached hydrogens (primary N) is 1. The molecule has 5 aliphatic carbocycles. The number of carbonyl (C=O) groups is 4. The molecule has 0 bridgehead atoms. The maximum Gasteiger partial charge on any atom is 0.408 e. The van der Waals surface area contributed by atoms with E-state index >= 15 is 0 Å². The van der Waals surface area contributed by atoms with Gasteiger partial charge >= 0.3 is 6.09 Å². The van der Waals surface area contributed by atoms with E-state index < -0.39 is 28.5 Å². The van der Waals surface area contributed by atoms with E-state index in [1.807, 2.05) is 148 Å². The summed E-state index contributed by atoms with van der Waals surface area (Å²) in [6.45, 7) is 5.73. The molecule has 4 amide bonds. The summed E-state index contributed by atoms with van der Waals surface area (Å²) in [5.41, 5.74) is 15.0. The van der Waals surface area contributed by atoms with Gasteiger partial charge in [-0.25, -0.2) is 14.8 Å². The Morgan fingerprint density at radius 1 is 0.435 bits per heavy atom. The summed E-state index contributed by atoms with van der Waals surface area (Å²) in [5.74, 6) is -1.00. The Morgan fingerprint density at radius 3 is 0.981 bits per heavy atom. The van der Waals surface area contributed by atoms with Gasteiger partial charge in [0.1, 0.15) is 44.5 Å². The third-order valence-corrected chi connectivity index (χ3v) is 21.5. The number of hydrogen-bond donors (Lipinski definition) is 10. The summed E-state index contributed by atoms with van der Waals surface area (Å²) < 4.78 is 6.69. The lowest BCUT2D eigenvalue weighted by Crippen LogP contribution is -2.46. The average molecular weight is 1590 g/mol. The van der Waals surface area contributed by atoms with Gasteiger partial charge in [0.15, 0.2) is 0 Å². The Bertz CT molecular complexity index is 4150. The first-order valence-electron chi connectivity index (χ1n) is 37.0. The SMILES string of the molecule is CC(C)(C)OC(=O)NC1(c2ccc(CO)cc2)CCCC1.N#C/C(=C\c1cccc(Br)n1)C(=O)NC1(c2ccc(CO)cc2)CCCC1.N#C/C(=C\c1cccc(Br)n1)C(=O)NC1(c2ccc(CO)cc2)CCCC1.N#CCC(=O)NC1(c2ccc(CO)cc2)CCCC1.NC1(c2ccc(CO)cc2)CCCC1. The Morgan fingerprint density at radius 2 is 0.713 bits per heavy atom. The smallest absolute Gasteiger partial charge is 0.408 e. The van der Waals surface area contributed by atoms with Crippen molar-refractivity contribution < 1.29 is 49.4 Å². The topological polar surface area (TPSA) is 350 Å². The van der Waals surface area contributed by atoms with Crippen LogP contribution in [0, 0.1) is 34.0 Å². The van der Waals surface area contributed by atoms with Crippen molar-refractivity contribution in [3.63, 3.8) is 0 Å². The highest BCUT2D eigenvalue weighted by Crippen LogP contribution is 2.43. The number of aliphatic hydroxyl groups excluding tert-OH is 5. The predicted molar refractivity (Wildman–Crippen MR) is 422 cm³/mol. The summed E-state index contributed by atoms with van der Waals surface area (Å²) in [6, 6.07) is 55.3. The van der Waals surface area contributed by atoms with Crippen LogP contribution >= 0.6 is 31.9 Å². The Balaban J connectivity index is 0.000000173. The van der Waals surface area contributed by atoms with Crippen LogP contribution in [0.15, 0.2) is 178 Å². The second-order valence-electron chi connectivity index (χ2n) is 29.3. The number of amides is 4. The largest absolute Gasteiger partial charge is 0.444 e. The maximum atomic E-state index is 12.8. The fraction of sp³-hybridized carbons (Fsp3) is 0.407. The van der Waals surface area contributed by atoms with E-state index in [-0.39, 0.29) is 79.2 Å². The lowest BCUT2D eigenvalue weighted by molar-refractivity contribution is -0.122. The van der Waals surface area contributed by atoms with Gasteiger partial charge in [0, 0.05) is 5.54 Å². The molecule has 7 aromatic rings. The predicted octanol–water partition coefficient (Wildman–Crippen LogP) is 15.0. The molecule has 108 heavy (non-hydrogen) atoms. The number of aliphatic hydroxyl groups is 5. The molecule has 0 saturated heterocycles. The zero-order valence-corrected chi connectivity index (χ0v) is 65.1. The normalized spacial score (nSPS) is 16.9. The van der Waals surface area contributed by atoms with Crippen LogP contribution in [-0.2, 0) is 79.8 Å². The second-order valence-corrected chi connectivity index (χ2v) is 30.9. The molecule has 2 heterocycles. The van der Waals surface area contributed by atoms with Crippen LogP contribution in [0.25, 0.3) is 12.2 Å². The van der Waals surface area contributed by atoms with Crippen molar-refractivity contribution in [2.45, 2.75) is 222 Å². The molecule has 2 aromatic heterocycles. The Hall–Kier alpha value is -9.25. The van der Waals surface area contributed by atoms with Crippen LogP contribution < -0.4 is 27.0 Å². The molecule has 568 valence electrons. The van der Waals surface area contributed by atoms with Crippen LogP contribution in [0.2, 0.25) is 0 Å². The molecule has 0 atom stereocenters. The average Bonchev–Trinajstić information content (AvgIpc) is 1.58. The second kappa shape index (κ2) is 40.3. The van der Waals surface area contributed by atoms with Crippen molar-refractivity contribution in [1.29, 1.82) is 15.8 Å². The monoisotopic (exact) mass is 1590 g/mol. The third-order valence-electron chi connectivity index (χ3n) is 20.6. The minimum absolute atomic E-state index is 0.0133. The minimum Gasteiger partial charge on any atom is -0.444 e. The van der Waals surface area contributed by atoms with Crippen LogP contribution in [0.1, 0.15) is 223 Å². The van der Waals surface area contributed by atoms with Gasteiger partial charge in [0.25, 0.3) is 11.8 Å². The van der Waals surface area contributed by atoms with Crippen LogP contribution in [-0.4, -0.2) is 64.9 Å². The summed E-state index contributed by atoms with van der Waals surface area (Å²) in [7, 11) is 0. The number of pyridine rings is 2. The van der Waals surface area contributed by atoms with E-state index in [2.05, 4.69) is 75.2 Å². The number of alkyl carbamates (subject to hydrolysis) is 1. The fourth-order valence-electron chi connectivity index (χ4n) is 14.9. The number of nitrogens with zero attached hydrogens (tertiary/aromatic N) is 5. The lowest BCUT2D eigenvalue weighted by atomic mass is 9.87. The van der Waals surface area contributed by atoms with E-state index in [0.29, 0.717) is 20.6 Å². The molecular weight excluding hydrogens is 1490 g/mol. The van der Waals surface area contributed by atoms with Gasteiger partial charge in [0.05, 0.1) is 72.6 Å². The van der Waals surface area contributed by atoms with Gasteiger partial charge in [-0.1, -0.05) is 198 Å². The van der Waals surface area contributed by atoms with Gasteiger partial charge in [-0.2, -0.15) is 15.8 Å². The van der Waals surface area contributed by atoms with Crippen molar-refractivity contribution in [2.75, 3.05) is 0 Å². The molecule has 5 aliphatic rings. The van der Waals surface area contributed by atoms with Crippen molar-refractivity contribution in [2.24, 2.45) is 5.73 Å². The van der Waals surface area contributed by atoms with Crippen LogP contribution in [0.3, 0.4) is 0 Å². The highest BCUT2D eigenvalue weighted by molar-refractivity contribution is 9.10. The van der Waals surface area contributed by atoms with Crippen LogP contribution in [0.4, 0.5) is 4.79 Å². The number of hydrogen-bond acceptors (Lipinski definition) is 16. The molecule has 0 unspecified atom stereocenters. The molecule has 0 aliphatic heterocycles. The molecule has 5 saturated carbocycles. The molecule has 5 fully saturated rings. The molecular formula is C86H100Br2N10O10. The summed E-state index contributed by atoms with van der Waals surface area (Å²) in [6.07, 6.45) is 22.5. The van der Waals surface area contributed by atoms with Gasteiger partial charge in [-0.3, -0.25) is 14.4 Å². The minimum atomic E-state index is -0.495. The van der Waals surface area contributed by atoms with Gasteiger partial charge in [-0.15, -0.1) is 0 Å². The number of halogens is 2. The van der Waals surface area contributed by atoms with Crippen molar-refractivity contribution in [3.05, 3.63) is 245 Å². The molecule has 0 radical (unpaired) electrons. The van der Waals surface area contributed by atoms with Crippen molar-refractivity contribution in [3.8, 4) is 18.2 Å². The quantitative estimate of drug-likeness (QED) is 0.0204. The number of aromatic nitrogens is 2. The molecule has 5 aromatic carbocycles. The Kier molecular flexibility index (Phi) is 31.5. The van der Waals surface area contributed by atoms with E-state index in [1.54, 1.807) is 36.4 Å². The number of nitrogens with one attached hydrogen (secondary N) is 4. The van der Waals surface area contributed by atoms with E-state index in [9.17, 15) is 39.9 Å². The first kappa shape index (κ1) is 84.4. The number of benzene rings is 5. The number of nitriles is 3. The van der Waals surface area contributed by atoms with Crippen molar-refractivity contribution in [1.82, 2.24) is 31.2 Å². The van der Waals surface area contributed by atoms with Gasteiger partial charge in [0.2, 0.25) is 5.91 Å². The number of rotatable bonds is 19. The summed E-state index contributed by atoms with van der Waals surface area (Å²) in [5, 5.41) is 85.5. The van der Waals surface area contributed by atoms with Crippen molar-refractivity contribution >= 4 is 67.8 Å². The van der Waals surface area contributed by atoms with E-state index in [0.717, 1.165) is 166 Å². The van der Waals surface area contributed by atoms with Gasteiger partial charge < -0.3 is 57.3 Å². The fourth-order valence-corrected chi connectivity index (χ4v) is 15.6. The molecule has 20 nitrogen and oxygen atoms in total. The Labute approximate surface area is 651 Å². The summed E-state index contributed by atoms with van der Waals surface area (Å²) >= 11 is 6.58. The van der Waals surface area contributed by atoms with Gasteiger partial charge in [-0.05, 0) is 209 Å². The standard InChI is InChI=1S/2C21H20BrN3O2.C17H25NO3.C15H18N2O2.C12H17NO/c2*22-19-5-3-4-18(24-19)12-16(13-23)20(27)25-21(10-1-2-11-21)17-8-6-15(14-26)7-9-17;1-16(2,3)21-15(20)18-17(10-4-5-11-17)14-8-6-13(12-19)7-9-14;16-10-7-14(19)17-15(8-1-2-9-15)13-5-3-12(11-18)4-6-13;13-12(7-1-2-8-12)11-5-3-10(9-14)4-6-11/h2*3-9,12,26H,1-2,10-11,14H2,(H,25,27);6-9,19H,4-5,10-12H2,1-3H3,(H,18,20);3-6,18H,1-2,7-9,11H2,(H,17,19);3-6,14H,1-2,7-9,13H2/b2*16-12+;;;. The number of ether oxygens (including phenoxy) is 1. The molecule has 22 heteroatoms. The van der Waals surface area contributed by atoms with Crippen LogP contribution in [0.5, 0.6) is 0 Å². The molecule has 12 rings (SSSR count). The zero-order chi connectivity index (χ0) is 77.8. The van der Waals surface area contributed by atoms with E-state index in [4.69, 9.17) is 31.1 Å². The first-order valence-corrected chi connectivity index (χ1v) is 38.6. The third kappa shape index (κ3) is 23.6. The molecule has 11 N–H and O–H groups in total. The highest BCUT2D eigenvalue weighted by Gasteiger charge is 2.42. The summed E-state index contributed by atoms with van der Waals surface area (Å²) in [4.78, 5) is 58.1. The maximum absolute atomic E-state index is 12.8. The zero-order valence-electron chi connectivity index (χ0n) is 61.9. The lowest BCUT2D eigenvalue weighted by Gasteiger charge is -2.32. The highest BCUT2D eigenvalue weighted by atomic mass is 79.9. The first-order chi connectivity index (χ1) is 51.9. The molecule has 0 spiro atoms.